The third kappa shape index (κ3) is 2.24. The van der Waals surface area contributed by atoms with Gasteiger partial charge in [-0.25, -0.2) is 4.39 Å². The maximum absolute atomic E-state index is 13.8. The average molecular weight is 282 g/mol. The first-order chi connectivity index (χ1) is 9.44. The van der Waals surface area contributed by atoms with E-state index in [4.69, 9.17) is 10.5 Å². The molecule has 1 saturated carbocycles. The molecule has 1 aromatic carbocycles. The van der Waals surface area contributed by atoms with E-state index in [2.05, 4.69) is 0 Å². The van der Waals surface area contributed by atoms with Gasteiger partial charge in [-0.2, -0.15) is 0 Å². The van der Waals surface area contributed by atoms with Gasteiger partial charge in [-0.15, -0.1) is 0 Å². The van der Waals surface area contributed by atoms with Crippen LogP contribution in [-0.2, 0) is 0 Å². The van der Waals surface area contributed by atoms with Gasteiger partial charge in [0.15, 0.2) is 11.6 Å². The molecule has 20 heavy (non-hydrogen) atoms. The zero-order chi connectivity index (χ0) is 14.9. The van der Waals surface area contributed by atoms with Gasteiger partial charge in [-0.05, 0) is 18.9 Å². The zero-order valence-electron chi connectivity index (χ0n) is 11.6. The molecule has 0 radical (unpaired) electrons. The van der Waals surface area contributed by atoms with Crippen molar-refractivity contribution < 1.29 is 14.1 Å². The van der Waals surface area contributed by atoms with Gasteiger partial charge in [-0.1, -0.05) is 13.8 Å². The number of ether oxygens (including phenoxy) is 1. The van der Waals surface area contributed by atoms with Crippen molar-refractivity contribution in [1.82, 2.24) is 0 Å². The number of nitro benzene ring substituents is 1. The molecular weight excluding hydrogens is 263 g/mol. The molecule has 2 N–H and O–H groups in total. The Labute approximate surface area is 117 Å². The predicted molar refractivity (Wildman–Crippen MR) is 73.1 cm³/mol. The highest BCUT2D eigenvalue weighted by atomic mass is 19.1. The van der Waals surface area contributed by atoms with Crippen molar-refractivity contribution in [3.05, 3.63) is 34.1 Å². The third-order valence-electron chi connectivity index (χ3n) is 4.56. The fourth-order valence-electron chi connectivity index (χ4n) is 3.03. The smallest absolute Gasteiger partial charge is 0.272 e. The highest BCUT2D eigenvalue weighted by Crippen LogP contribution is 2.48. The number of nitro groups is 1. The molecule has 2 atom stereocenters. The van der Waals surface area contributed by atoms with E-state index < -0.39 is 10.7 Å². The SMILES string of the molecule is CCC1(CC)C(N)CC1Oc1ccc([N+](=O)[O-])cc1F. The standard InChI is InChI=1S/C14H19FN2O3/c1-3-14(4-2)12(16)8-13(14)20-11-6-5-9(17(18)19)7-10(11)15/h5-7,12-13H,3-4,8,16H2,1-2H3. The summed E-state index contributed by atoms with van der Waals surface area (Å²) in [6.45, 7) is 4.09. The maximum Gasteiger partial charge on any atom is 0.272 e. The molecule has 2 rings (SSSR count). The molecule has 1 aromatic rings. The summed E-state index contributed by atoms with van der Waals surface area (Å²) in [5, 5.41) is 10.6. The molecule has 0 bridgehead atoms. The number of halogens is 1. The van der Waals surface area contributed by atoms with E-state index in [1.165, 1.54) is 12.1 Å². The minimum absolute atomic E-state index is 0.0544. The van der Waals surface area contributed by atoms with Crippen molar-refractivity contribution >= 4 is 5.69 Å². The van der Waals surface area contributed by atoms with Gasteiger partial charge in [-0.3, -0.25) is 10.1 Å². The Morgan fingerprint density at radius 3 is 2.60 bits per heavy atom. The number of hydrogen-bond donors (Lipinski definition) is 1. The molecule has 0 aliphatic heterocycles. The molecule has 2 unspecified atom stereocenters. The summed E-state index contributed by atoms with van der Waals surface area (Å²) in [6.07, 6.45) is 2.27. The van der Waals surface area contributed by atoms with Crippen LogP contribution in [0.2, 0.25) is 0 Å². The monoisotopic (exact) mass is 282 g/mol. The van der Waals surface area contributed by atoms with E-state index in [-0.39, 0.29) is 29.0 Å². The molecule has 0 spiro atoms. The van der Waals surface area contributed by atoms with Crippen LogP contribution in [0.4, 0.5) is 10.1 Å². The topological polar surface area (TPSA) is 78.4 Å². The lowest BCUT2D eigenvalue weighted by molar-refractivity contribution is -0.385. The van der Waals surface area contributed by atoms with Crippen LogP contribution >= 0.6 is 0 Å². The normalized spacial score (nSPS) is 24.0. The first-order valence-electron chi connectivity index (χ1n) is 6.80. The lowest BCUT2D eigenvalue weighted by Crippen LogP contribution is -2.63. The molecule has 1 aliphatic rings. The number of benzene rings is 1. The fraction of sp³-hybridized carbons (Fsp3) is 0.571. The molecule has 0 aromatic heterocycles. The van der Waals surface area contributed by atoms with Crippen molar-refractivity contribution in [2.24, 2.45) is 11.1 Å². The second kappa shape index (κ2) is 5.36. The summed E-state index contributed by atoms with van der Waals surface area (Å²) >= 11 is 0. The number of hydrogen-bond acceptors (Lipinski definition) is 4. The van der Waals surface area contributed by atoms with Gasteiger partial charge >= 0.3 is 0 Å². The number of nitrogens with two attached hydrogens (primary N) is 1. The van der Waals surface area contributed by atoms with E-state index >= 15 is 0 Å². The first kappa shape index (κ1) is 14.7. The summed E-state index contributed by atoms with van der Waals surface area (Å²) in [7, 11) is 0. The van der Waals surface area contributed by atoms with Crippen LogP contribution in [0.1, 0.15) is 33.1 Å². The Kier molecular flexibility index (Phi) is 3.94. The Balaban J connectivity index is 2.17. The van der Waals surface area contributed by atoms with Gasteiger partial charge in [0, 0.05) is 23.9 Å². The van der Waals surface area contributed by atoms with Crippen LogP contribution in [0.3, 0.4) is 0 Å². The highest BCUT2D eigenvalue weighted by molar-refractivity contribution is 5.38. The van der Waals surface area contributed by atoms with E-state index in [9.17, 15) is 14.5 Å². The predicted octanol–water partition coefficient (Wildman–Crippen LogP) is 3.02. The molecule has 6 heteroatoms. The van der Waals surface area contributed by atoms with Gasteiger partial charge in [0.25, 0.3) is 5.69 Å². The van der Waals surface area contributed by atoms with E-state index in [1.807, 2.05) is 13.8 Å². The maximum atomic E-state index is 13.8. The second-order valence-corrected chi connectivity index (χ2v) is 5.26. The fourth-order valence-corrected chi connectivity index (χ4v) is 3.03. The van der Waals surface area contributed by atoms with Gasteiger partial charge < -0.3 is 10.5 Å². The van der Waals surface area contributed by atoms with Crippen molar-refractivity contribution in [1.29, 1.82) is 0 Å². The van der Waals surface area contributed by atoms with Gasteiger partial charge in [0.2, 0.25) is 0 Å². The molecule has 110 valence electrons. The zero-order valence-corrected chi connectivity index (χ0v) is 11.6. The molecule has 0 heterocycles. The van der Waals surface area contributed by atoms with E-state index in [0.717, 1.165) is 18.9 Å². The van der Waals surface area contributed by atoms with Crippen LogP contribution in [0.5, 0.6) is 5.75 Å². The molecular formula is C14H19FN2O3. The van der Waals surface area contributed by atoms with Crippen molar-refractivity contribution in [3.63, 3.8) is 0 Å². The minimum atomic E-state index is -0.708. The Bertz CT molecular complexity index is 517. The number of nitrogens with zero attached hydrogens (tertiary/aromatic N) is 1. The van der Waals surface area contributed by atoms with Crippen LogP contribution < -0.4 is 10.5 Å². The van der Waals surface area contributed by atoms with Crippen LogP contribution in [0.15, 0.2) is 18.2 Å². The average Bonchev–Trinajstić information content (AvgIpc) is 2.41. The summed E-state index contributed by atoms with van der Waals surface area (Å²) in [5.41, 5.74) is 5.65. The summed E-state index contributed by atoms with van der Waals surface area (Å²) < 4.78 is 19.5. The largest absolute Gasteiger partial charge is 0.487 e. The molecule has 1 aliphatic carbocycles. The number of rotatable bonds is 5. The lowest BCUT2D eigenvalue weighted by Gasteiger charge is -2.53. The summed E-state index contributed by atoms with van der Waals surface area (Å²) in [6, 6.07) is 3.50. The van der Waals surface area contributed by atoms with Crippen molar-refractivity contribution in [2.75, 3.05) is 0 Å². The van der Waals surface area contributed by atoms with Crippen LogP contribution in [0.25, 0.3) is 0 Å². The van der Waals surface area contributed by atoms with Crippen LogP contribution in [0, 0.1) is 21.3 Å². The van der Waals surface area contributed by atoms with Gasteiger partial charge in [0.05, 0.1) is 11.0 Å². The molecule has 1 fully saturated rings. The minimum Gasteiger partial charge on any atom is -0.487 e. The second-order valence-electron chi connectivity index (χ2n) is 5.26. The summed E-state index contributed by atoms with van der Waals surface area (Å²) in [5.74, 6) is -0.653. The lowest BCUT2D eigenvalue weighted by atomic mass is 9.59. The highest BCUT2D eigenvalue weighted by Gasteiger charge is 2.52. The van der Waals surface area contributed by atoms with Gasteiger partial charge in [0.1, 0.15) is 6.10 Å². The molecule has 5 nitrogen and oxygen atoms in total. The molecule has 0 amide bonds. The summed E-state index contributed by atoms with van der Waals surface area (Å²) in [4.78, 5) is 9.94. The van der Waals surface area contributed by atoms with E-state index in [1.54, 1.807) is 0 Å². The van der Waals surface area contributed by atoms with Crippen molar-refractivity contribution in [3.8, 4) is 5.75 Å². The quantitative estimate of drug-likeness (QED) is 0.665. The number of non-ortho nitro benzene ring substituents is 1. The molecule has 0 saturated heterocycles. The Morgan fingerprint density at radius 2 is 2.15 bits per heavy atom. The first-order valence-corrected chi connectivity index (χ1v) is 6.80. The third-order valence-corrected chi connectivity index (χ3v) is 4.56. The van der Waals surface area contributed by atoms with E-state index in [0.29, 0.717) is 6.42 Å². The van der Waals surface area contributed by atoms with Crippen LogP contribution in [-0.4, -0.2) is 17.1 Å². The van der Waals surface area contributed by atoms with Crippen molar-refractivity contribution in [2.45, 2.75) is 45.3 Å². The Morgan fingerprint density at radius 1 is 1.50 bits per heavy atom. The Hall–Kier alpha value is -1.69.